The fourth-order valence-corrected chi connectivity index (χ4v) is 2.11. The second kappa shape index (κ2) is 8.08. The van der Waals surface area contributed by atoms with E-state index in [1.54, 1.807) is 48.6 Å². The highest BCUT2D eigenvalue weighted by Gasteiger charge is 2.08. The van der Waals surface area contributed by atoms with E-state index in [1.165, 1.54) is 6.92 Å². The number of Topliss-reactive ketones (excluding diaryl/α,β-unsaturated/α-hetero) is 1. The van der Waals surface area contributed by atoms with Gasteiger partial charge in [0, 0.05) is 37.2 Å². The van der Waals surface area contributed by atoms with E-state index in [1.807, 2.05) is 12.1 Å². The molecule has 0 bridgehead atoms. The fraction of sp³-hybridized carbons (Fsp3) is 0.278. The minimum Gasteiger partial charge on any atom is -0.376 e. The number of nitrogens with one attached hydrogen (secondary N) is 1. The molecule has 0 radical (unpaired) electrons. The number of carbonyl (C=O) groups is 2. The number of hydrogen-bond acceptors (Lipinski definition) is 4. The van der Waals surface area contributed by atoms with E-state index in [0.29, 0.717) is 12.1 Å². The fourth-order valence-electron chi connectivity index (χ4n) is 2.11. The van der Waals surface area contributed by atoms with Crippen molar-refractivity contribution < 1.29 is 9.59 Å². The normalized spacial score (nSPS) is 10.2. The molecule has 0 aliphatic carbocycles. The molecule has 2 rings (SSSR count). The number of hydrogen-bond donors (Lipinski definition) is 1. The van der Waals surface area contributed by atoms with E-state index in [4.69, 9.17) is 0 Å². The third-order valence-electron chi connectivity index (χ3n) is 3.65. The largest absolute Gasteiger partial charge is 0.376 e. The van der Waals surface area contributed by atoms with Crippen LogP contribution in [-0.2, 0) is 11.2 Å². The zero-order valence-corrected chi connectivity index (χ0v) is 13.5. The molecule has 0 saturated heterocycles. The van der Waals surface area contributed by atoms with Gasteiger partial charge in [0.2, 0.25) is 5.91 Å². The molecule has 1 heterocycles. The van der Waals surface area contributed by atoms with Gasteiger partial charge in [-0.25, -0.2) is 0 Å². The lowest BCUT2D eigenvalue weighted by Gasteiger charge is -2.18. The molecule has 0 fully saturated rings. The average Bonchev–Trinajstić information content (AvgIpc) is 2.58. The van der Waals surface area contributed by atoms with Gasteiger partial charge in [0.25, 0.3) is 0 Å². The molecule has 1 aromatic carbocycles. The van der Waals surface area contributed by atoms with Crippen LogP contribution in [0.25, 0.3) is 0 Å². The van der Waals surface area contributed by atoms with E-state index >= 15 is 0 Å². The summed E-state index contributed by atoms with van der Waals surface area (Å²) in [6.45, 7) is 2.42. The molecule has 1 amide bonds. The predicted molar refractivity (Wildman–Crippen MR) is 90.5 cm³/mol. The number of nitrogens with zero attached hydrogens (tertiary/aromatic N) is 2. The predicted octanol–water partition coefficient (Wildman–Crippen LogP) is 2.40. The van der Waals surface area contributed by atoms with Gasteiger partial charge in [-0.15, -0.1) is 0 Å². The third-order valence-corrected chi connectivity index (χ3v) is 3.65. The van der Waals surface area contributed by atoms with Crippen molar-refractivity contribution in [2.75, 3.05) is 25.5 Å². The van der Waals surface area contributed by atoms with Gasteiger partial charge < -0.3 is 10.2 Å². The van der Waals surface area contributed by atoms with Crippen LogP contribution in [0.1, 0.15) is 22.8 Å². The molecule has 23 heavy (non-hydrogen) atoms. The molecule has 0 aliphatic heterocycles. The molecule has 0 atom stereocenters. The maximum absolute atomic E-state index is 12.1. The summed E-state index contributed by atoms with van der Waals surface area (Å²) in [7, 11) is 1.80. The standard InChI is InChI=1S/C18H21N3O2/c1-14(22)16-3-5-17(6-4-16)20-13-18(23)21(2)12-9-15-7-10-19-11-8-15/h3-8,10-11,20H,9,12-13H2,1-2H3. The van der Waals surface area contributed by atoms with Gasteiger partial charge in [0.05, 0.1) is 6.54 Å². The van der Waals surface area contributed by atoms with Crippen molar-refractivity contribution in [1.29, 1.82) is 0 Å². The summed E-state index contributed by atoms with van der Waals surface area (Å²) in [4.78, 5) is 29.0. The number of carbonyl (C=O) groups excluding carboxylic acids is 2. The molecule has 0 saturated carbocycles. The van der Waals surface area contributed by atoms with Gasteiger partial charge in [-0.2, -0.15) is 0 Å². The highest BCUT2D eigenvalue weighted by Crippen LogP contribution is 2.09. The Hall–Kier alpha value is -2.69. The van der Waals surface area contributed by atoms with Crippen molar-refractivity contribution in [2.24, 2.45) is 0 Å². The Morgan fingerprint density at radius 1 is 1.09 bits per heavy atom. The first-order valence-electron chi connectivity index (χ1n) is 7.54. The number of ketones is 1. The minimum absolute atomic E-state index is 0.0229. The average molecular weight is 311 g/mol. The first kappa shape index (κ1) is 16.7. The number of pyridine rings is 1. The second-order valence-corrected chi connectivity index (χ2v) is 5.41. The van der Waals surface area contributed by atoms with Gasteiger partial charge >= 0.3 is 0 Å². The molecule has 1 N–H and O–H groups in total. The minimum atomic E-state index is 0.0229. The van der Waals surface area contributed by atoms with Crippen LogP contribution in [-0.4, -0.2) is 41.7 Å². The number of aromatic nitrogens is 1. The zero-order valence-electron chi connectivity index (χ0n) is 13.5. The van der Waals surface area contributed by atoms with Crippen molar-refractivity contribution in [2.45, 2.75) is 13.3 Å². The van der Waals surface area contributed by atoms with Gasteiger partial charge in [0.1, 0.15) is 0 Å². The lowest BCUT2D eigenvalue weighted by Crippen LogP contribution is -2.33. The zero-order chi connectivity index (χ0) is 16.7. The summed E-state index contributed by atoms with van der Waals surface area (Å²) < 4.78 is 0. The first-order chi connectivity index (χ1) is 11.1. The summed E-state index contributed by atoms with van der Waals surface area (Å²) in [5.74, 6) is 0.0539. The van der Waals surface area contributed by atoms with E-state index in [0.717, 1.165) is 17.7 Å². The summed E-state index contributed by atoms with van der Waals surface area (Å²) in [6, 6.07) is 11.0. The summed E-state index contributed by atoms with van der Waals surface area (Å²) in [5.41, 5.74) is 2.65. The van der Waals surface area contributed by atoms with Crippen LogP contribution in [0.15, 0.2) is 48.8 Å². The molecule has 2 aromatic rings. The number of anilines is 1. The van der Waals surface area contributed by atoms with Crippen LogP contribution in [0.5, 0.6) is 0 Å². The van der Waals surface area contributed by atoms with Gasteiger partial charge in [0.15, 0.2) is 5.78 Å². The van der Waals surface area contributed by atoms with Crippen LogP contribution >= 0.6 is 0 Å². The van der Waals surface area contributed by atoms with Crippen molar-refractivity contribution in [3.63, 3.8) is 0 Å². The van der Waals surface area contributed by atoms with Crippen LogP contribution in [0, 0.1) is 0 Å². The van der Waals surface area contributed by atoms with E-state index in [2.05, 4.69) is 10.3 Å². The molecular formula is C18H21N3O2. The third kappa shape index (κ3) is 5.21. The number of likely N-dealkylation sites (N-methyl/N-ethyl adjacent to an activating group) is 1. The van der Waals surface area contributed by atoms with Crippen molar-refractivity contribution in [3.8, 4) is 0 Å². The number of rotatable bonds is 7. The molecule has 0 aliphatic rings. The highest BCUT2D eigenvalue weighted by atomic mass is 16.2. The summed E-state index contributed by atoms with van der Waals surface area (Å²) in [6.07, 6.45) is 4.31. The smallest absolute Gasteiger partial charge is 0.241 e. The van der Waals surface area contributed by atoms with Crippen molar-refractivity contribution >= 4 is 17.4 Å². The van der Waals surface area contributed by atoms with Crippen LogP contribution < -0.4 is 5.32 Å². The van der Waals surface area contributed by atoms with Gasteiger partial charge in [-0.3, -0.25) is 14.6 Å². The van der Waals surface area contributed by atoms with Crippen molar-refractivity contribution in [3.05, 3.63) is 59.9 Å². The second-order valence-electron chi connectivity index (χ2n) is 5.41. The van der Waals surface area contributed by atoms with Crippen LogP contribution in [0.4, 0.5) is 5.69 Å². The Balaban J connectivity index is 1.78. The molecular weight excluding hydrogens is 290 g/mol. The lowest BCUT2D eigenvalue weighted by molar-refractivity contribution is -0.127. The van der Waals surface area contributed by atoms with Gasteiger partial charge in [-0.1, -0.05) is 0 Å². The molecule has 0 spiro atoms. The highest BCUT2D eigenvalue weighted by molar-refractivity contribution is 5.94. The summed E-state index contributed by atoms with van der Waals surface area (Å²) >= 11 is 0. The molecule has 0 unspecified atom stereocenters. The van der Waals surface area contributed by atoms with Crippen molar-refractivity contribution in [1.82, 2.24) is 9.88 Å². The number of amides is 1. The quantitative estimate of drug-likeness (QED) is 0.798. The lowest BCUT2D eigenvalue weighted by atomic mass is 10.1. The Morgan fingerprint density at radius 3 is 2.35 bits per heavy atom. The topological polar surface area (TPSA) is 62.3 Å². The maximum atomic E-state index is 12.1. The molecule has 120 valence electrons. The Bertz CT molecular complexity index is 654. The number of benzene rings is 1. The monoisotopic (exact) mass is 311 g/mol. The summed E-state index contributed by atoms with van der Waals surface area (Å²) in [5, 5.41) is 3.08. The Kier molecular flexibility index (Phi) is 5.86. The molecule has 1 aromatic heterocycles. The van der Waals surface area contributed by atoms with Crippen LogP contribution in [0.3, 0.4) is 0 Å². The molecule has 5 nitrogen and oxygen atoms in total. The Morgan fingerprint density at radius 2 is 1.74 bits per heavy atom. The molecule has 5 heteroatoms. The Labute approximate surface area is 136 Å². The van der Waals surface area contributed by atoms with E-state index in [9.17, 15) is 9.59 Å². The SMILES string of the molecule is CC(=O)c1ccc(NCC(=O)N(C)CCc2ccncc2)cc1. The van der Waals surface area contributed by atoms with E-state index in [-0.39, 0.29) is 18.2 Å². The van der Waals surface area contributed by atoms with E-state index < -0.39 is 0 Å². The maximum Gasteiger partial charge on any atom is 0.241 e. The van der Waals surface area contributed by atoms with Gasteiger partial charge in [-0.05, 0) is 55.3 Å². The van der Waals surface area contributed by atoms with Crippen LogP contribution in [0.2, 0.25) is 0 Å². The first-order valence-corrected chi connectivity index (χ1v) is 7.54.